The molecule has 0 aromatic heterocycles. The summed E-state index contributed by atoms with van der Waals surface area (Å²) in [4.78, 5) is 0. The van der Waals surface area contributed by atoms with Crippen LogP contribution in [-0.2, 0) is 6.42 Å². The highest BCUT2D eigenvalue weighted by atomic mass is 19.3. The van der Waals surface area contributed by atoms with Crippen LogP contribution in [0.1, 0.15) is 24.5 Å². The average molecular weight is 222 g/mol. The Balaban J connectivity index is 2.11. The van der Waals surface area contributed by atoms with Gasteiger partial charge in [-0.1, -0.05) is 31.2 Å². The lowest BCUT2D eigenvalue weighted by atomic mass is 10.0. The molecule has 1 aliphatic rings. The van der Waals surface area contributed by atoms with Crippen molar-refractivity contribution >= 4 is 11.4 Å². The van der Waals surface area contributed by atoms with Gasteiger partial charge in [-0.05, 0) is 17.5 Å². The Labute approximate surface area is 92.7 Å². The highest BCUT2D eigenvalue weighted by molar-refractivity contribution is 6.15. The van der Waals surface area contributed by atoms with Gasteiger partial charge in [-0.15, -0.1) is 0 Å². The van der Waals surface area contributed by atoms with E-state index in [0.717, 1.165) is 12.0 Å². The lowest BCUT2D eigenvalue weighted by molar-refractivity contribution is 0.224. The molecule has 2 nitrogen and oxygen atoms in total. The van der Waals surface area contributed by atoms with Gasteiger partial charge in [0.25, 0.3) is 6.43 Å². The van der Waals surface area contributed by atoms with Crippen molar-refractivity contribution in [2.24, 2.45) is 10.2 Å². The third-order valence-corrected chi connectivity index (χ3v) is 2.60. The number of benzene rings is 1. The molecule has 0 unspecified atom stereocenters. The first-order valence-electron chi connectivity index (χ1n) is 5.21. The zero-order valence-electron chi connectivity index (χ0n) is 8.95. The molecule has 4 heteroatoms. The van der Waals surface area contributed by atoms with Crippen molar-refractivity contribution in [3.63, 3.8) is 0 Å². The fourth-order valence-corrected chi connectivity index (χ4v) is 1.58. The molecule has 0 bridgehead atoms. The highest BCUT2D eigenvalue weighted by Crippen LogP contribution is 2.16. The largest absolute Gasteiger partial charge is 0.278 e. The summed E-state index contributed by atoms with van der Waals surface area (Å²) in [5, 5.41) is 7.28. The van der Waals surface area contributed by atoms with Gasteiger partial charge in [0.2, 0.25) is 0 Å². The van der Waals surface area contributed by atoms with Crippen molar-refractivity contribution in [1.29, 1.82) is 0 Å². The molecule has 16 heavy (non-hydrogen) atoms. The van der Waals surface area contributed by atoms with Gasteiger partial charge in [0.15, 0.2) is 0 Å². The lowest BCUT2D eigenvalue weighted by Crippen LogP contribution is -2.11. The molecule has 0 saturated heterocycles. The van der Waals surface area contributed by atoms with E-state index in [9.17, 15) is 8.78 Å². The molecular weight excluding hydrogens is 210 g/mol. The van der Waals surface area contributed by atoms with Gasteiger partial charge in [0, 0.05) is 6.42 Å². The van der Waals surface area contributed by atoms with Gasteiger partial charge in [-0.25, -0.2) is 8.78 Å². The maximum Gasteiger partial charge on any atom is 0.278 e. The standard InChI is InChI=1S/C12H12F2N2/c1-2-8-3-5-9(6-4-8)10-7-11(12(13)14)16-15-10/h3-6,12H,2,7H2,1H3. The number of halogens is 2. The first-order valence-corrected chi connectivity index (χ1v) is 5.21. The average Bonchev–Trinajstić information content (AvgIpc) is 2.78. The Morgan fingerprint density at radius 3 is 2.38 bits per heavy atom. The fourth-order valence-electron chi connectivity index (χ4n) is 1.58. The van der Waals surface area contributed by atoms with Crippen molar-refractivity contribution in [2.75, 3.05) is 0 Å². The predicted octanol–water partition coefficient (Wildman–Crippen LogP) is 3.06. The number of aryl methyl sites for hydroxylation is 1. The molecule has 0 spiro atoms. The normalized spacial score (nSPS) is 15.2. The lowest BCUT2D eigenvalue weighted by Gasteiger charge is -2.02. The van der Waals surface area contributed by atoms with E-state index in [1.165, 1.54) is 5.56 Å². The summed E-state index contributed by atoms with van der Waals surface area (Å²) < 4.78 is 24.7. The van der Waals surface area contributed by atoms with Crippen LogP contribution in [0.3, 0.4) is 0 Å². The molecule has 0 fully saturated rings. The smallest absolute Gasteiger partial charge is 0.204 e. The third-order valence-electron chi connectivity index (χ3n) is 2.60. The number of nitrogens with zero attached hydrogens (tertiary/aromatic N) is 2. The van der Waals surface area contributed by atoms with E-state index < -0.39 is 6.43 Å². The van der Waals surface area contributed by atoms with Crippen LogP contribution in [0, 0.1) is 0 Å². The Morgan fingerprint density at radius 1 is 1.19 bits per heavy atom. The Bertz CT molecular complexity index is 433. The number of hydrogen-bond acceptors (Lipinski definition) is 2. The van der Waals surface area contributed by atoms with E-state index in [1.54, 1.807) is 0 Å². The number of rotatable bonds is 3. The van der Waals surface area contributed by atoms with Gasteiger partial charge in [0.05, 0.1) is 5.71 Å². The third kappa shape index (κ3) is 2.15. The van der Waals surface area contributed by atoms with Crippen LogP contribution in [0.25, 0.3) is 0 Å². The first kappa shape index (κ1) is 10.9. The van der Waals surface area contributed by atoms with Gasteiger partial charge >= 0.3 is 0 Å². The van der Waals surface area contributed by atoms with Crippen LogP contribution in [0.15, 0.2) is 34.5 Å². The quantitative estimate of drug-likeness (QED) is 0.751. The van der Waals surface area contributed by atoms with Crippen molar-refractivity contribution in [2.45, 2.75) is 26.2 Å². The van der Waals surface area contributed by atoms with Crippen LogP contribution >= 0.6 is 0 Å². The SMILES string of the molecule is CCc1ccc(C2=NN=C(C(F)F)C2)cc1. The Morgan fingerprint density at radius 2 is 1.88 bits per heavy atom. The minimum absolute atomic E-state index is 0.144. The van der Waals surface area contributed by atoms with Crippen LogP contribution < -0.4 is 0 Å². The molecular formula is C12H12F2N2. The monoisotopic (exact) mass is 222 g/mol. The summed E-state index contributed by atoms with van der Waals surface area (Å²) in [6.07, 6.45) is -1.38. The molecule has 0 N–H and O–H groups in total. The first-order chi connectivity index (χ1) is 7.70. The minimum atomic E-state index is -2.50. The van der Waals surface area contributed by atoms with Crippen LogP contribution in [0.5, 0.6) is 0 Å². The molecule has 1 heterocycles. The second-order valence-corrected chi connectivity index (χ2v) is 3.67. The van der Waals surface area contributed by atoms with E-state index in [0.29, 0.717) is 5.71 Å². The summed E-state index contributed by atoms with van der Waals surface area (Å²) in [5.41, 5.74) is 2.57. The van der Waals surface area contributed by atoms with Crippen molar-refractivity contribution in [3.8, 4) is 0 Å². The number of alkyl halides is 2. The zero-order valence-corrected chi connectivity index (χ0v) is 8.95. The van der Waals surface area contributed by atoms with Crippen LogP contribution in [0.2, 0.25) is 0 Å². The Hall–Kier alpha value is -1.58. The van der Waals surface area contributed by atoms with E-state index in [-0.39, 0.29) is 12.1 Å². The second-order valence-electron chi connectivity index (χ2n) is 3.67. The Kier molecular flexibility index (Phi) is 3.08. The van der Waals surface area contributed by atoms with Gasteiger partial charge in [-0.2, -0.15) is 10.2 Å². The van der Waals surface area contributed by atoms with E-state index >= 15 is 0 Å². The van der Waals surface area contributed by atoms with Gasteiger partial charge in [-0.3, -0.25) is 0 Å². The molecule has 0 atom stereocenters. The molecule has 84 valence electrons. The van der Waals surface area contributed by atoms with Crippen molar-refractivity contribution < 1.29 is 8.78 Å². The predicted molar refractivity (Wildman–Crippen MR) is 60.4 cm³/mol. The maximum atomic E-state index is 12.3. The van der Waals surface area contributed by atoms with Crippen LogP contribution in [0.4, 0.5) is 8.78 Å². The van der Waals surface area contributed by atoms with Gasteiger partial charge < -0.3 is 0 Å². The summed E-state index contributed by atoms with van der Waals surface area (Å²) in [6, 6.07) is 7.78. The summed E-state index contributed by atoms with van der Waals surface area (Å²) in [6.45, 7) is 2.07. The highest BCUT2D eigenvalue weighted by Gasteiger charge is 2.21. The van der Waals surface area contributed by atoms with E-state index in [4.69, 9.17) is 0 Å². The second kappa shape index (κ2) is 4.51. The molecule has 0 amide bonds. The molecule has 0 aliphatic carbocycles. The maximum absolute atomic E-state index is 12.3. The fraction of sp³-hybridized carbons (Fsp3) is 0.333. The minimum Gasteiger partial charge on any atom is -0.204 e. The topological polar surface area (TPSA) is 24.7 Å². The van der Waals surface area contributed by atoms with Crippen molar-refractivity contribution in [3.05, 3.63) is 35.4 Å². The summed E-state index contributed by atoms with van der Waals surface area (Å²) in [5.74, 6) is 0. The molecule has 0 radical (unpaired) electrons. The number of hydrogen-bond donors (Lipinski definition) is 0. The van der Waals surface area contributed by atoms with Crippen molar-refractivity contribution in [1.82, 2.24) is 0 Å². The molecule has 1 aromatic carbocycles. The molecule has 1 aromatic rings. The molecule has 2 rings (SSSR count). The molecule has 1 aliphatic heterocycles. The molecule has 0 saturated carbocycles. The summed E-state index contributed by atoms with van der Waals surface area (Å²) >= 11 is 0. The van der Waals surface area contributed by atoms with E-state index in [2.05, 4.69) is 17.1 Å². The summed E-state index contributed by atoms with van der Waals surface area (Å²) in [7, 11) is 0. The van der Waals surface area contributed by atoms with Crippen LogP contribution in [-0.4, -0.2) is 17.8 Å². The van der Waals surface area contributed by atoms with E-state index in [1.807, 2.05) is 24.3 Å². The van der Waals surface area contributed by atoms with Gasteiger partial charge in [0.1, 0.15) is 5.71 Å². The zero-order chi connectivity index (χ0) is 11.5.